The normalized spacial score (nSPS) is 13.7. The second kappa shape index (κ2) is 3.81. The van der Waals surface area contributed by atoms with Gasteiger partial charge in [0, 0.05) is 0 Å². The van der Waals surface area contributed by atoms with Gasteiger partial charge < -0.3 is 9.68 Å². The Morgan fingerprint density at radius 1 is 1.64 bits per heavy atom. The first kappa shape index (κ1) is 9.83. The van der Waals surface area contributed by atoms with Crippen LogP contribution < -0.4 is 5.46 Å². The van der Waals surface area contributed by atoms with Gasteiger partial charge in [0.05, 0.1) is 22.5 Å². The molecule has 0 aliphatic carbocycles. The third-order valence-corrected chi connectivity index (χ3v) is 2.43. The fourth-order valence-corrected chi connectivity index (χ4v) is 1.69. The predicted molar refractivity (Wildman–Crippen MR) is 58.5 cm³/mol. The van der Waals surface area contributed by atoms with Gasteiger partial charge in [0.25, 0.3) is 0 Å². The van der Waals surface area contributed by atoms with E-state index in [1.54, 1.807) is 12.1 Å². The first-order chi connectivity index (χ1) is 6.72. The minimum atomic E-state index is -0.888. The first-order valence-corrected chi connectivity index (χ1v) is 4.71. The molecule has 0 saturated heterocycles. The molecule has 0 unspecified atom stereocenters. The lowest BCUT2D eigenvalue weighted by Crippen LogP contribution is -2.27. The van der Waals surface area contributed by atoms with Crippen LogP contribution in [0.2, 0.25) is 5.02 Å². The van der Waals surface area contributed by atoms with E-state index in [0.717, 1.165) is 5.56 Å². The van der Waals surface area contributed by atoms with Crippen LogP contribution in [0.1, 0.15) is 5.56 Å². The lowest BCUT2D eigenvalue weighted by Gasteiger charge is -2.01. The molecule has 0 spiro atoms. The quantitative estimate of drug-likeness (QED) is 0.445. The number of isothiocyanates is 1. The molecule has 1 aromatic carbocycles. The van der Waals surface area contributed by atoms with Gasteiger partial charge in [-0.25, -0.2) is 0 Å². The molecule has 70 valence electrons. The van der Waals surface area contributed by atoms with Gasteiger partial charge in [-0.3, -0.25) is 0 Å². The van der Waals surface area contributed by atoms with E-state index in [0.29, 0.717) is 22.8 Å². The van der Waals surface area contributed by atoms with Crippen LogP contribution in [0.25, 0.3) is 0 Å². The summed E-state index contributed by atoms with van der Waals surface area (Å²) in [5.74, 6) is 0. The number of benzene rings is 1. The van der Waals surface area contributed by atoms with E-state index in [-0.39, 0.29) is 0 Å². The average molecular weight is 225 g/mol. The molecule has 2 rings (SSSR count). The standard InChI is InChI=1S/C8H5BClNO2S/c10-7-1-5-3-13-9(12)6(5)2-8(7)11-4-14/h1-2,12H,3H2. The Kier molecular flexibility index (Phi) is 2.68. The van der Waals surface area contributed by atoms with Crippen LogP contribution in [-0.2, 0) is 11.3 Å². The highest BCUT2D eigenvalue weighted by molar-refractivity contribution is 7.78. The number of hydrogen-bond donors (Lipinski definition) is 1. The number of thiocarbonyl (C=S) groups is 1. The maximum Gasteiger partial charge on any atom is 0.491 e. The molecule has 14 heavy (non-hydrogen) atoms. The van der Waals surface area contributed by atoms with Crippen molar-refractivity contribution in [1.29, 1.82) is 0 Å². The number of fused-ring (bicyclic) bond motifs is 1. The molecule has 0 amide bonds. The molecule has 0 atom stereocenters. The molecule has 1 N–H and O–H groups in total. The summed E-state index contributed by atoms with van der Waals surface area (Å²) in [4.78, 5) is 3.78. The second-order valence-electron chi connectivity index (χ2n) is 2.87. The monoisotopic (exact) mass is 225 g/mol. The molecule has 1 aliphatic heterocycles. The van der Waals surface area contributed by atoms with Crippen LogP contribution in [0.3, 0.4) is 0 Å². The van der Waals surface area contributed by atoms with E-state index in [1.165, 1.54) is 0 Å². The van der Waals surface area contributed by atoms with Crippen LogP contribution in [0, 0.1) is 0 Å². The van der Waals surface area contributed by atoms with Gasteiger partial charge in [0.1, 0.15) is 0 Å². The van der Waals surface area contributed by atoms with Crippen molar-refractivity contribution in [1.82, 2.24) is 0 Å². The molecule has 0 aromatic heterocycles. The van der Waals surface area contributed by atoms with Crippen molar-refractivity contribution in [2.24, 2.45) is 4.99 Å². The highest BCUT2D eigenvalue weighted by Gasteiger charge is 2.28. The summed E-state index contributed by atoms with van der Waals surface area (Å²) in [6.07, 6.45) is 0. The maximum absolute atomic E-state index is 9.41. The van der Waals surface area contributed by atoms with E-state index < -0.39 is 7.12 Å². The molecule has 0 saturated carbocycles. The van der Waals surface area contributed by atoms with E-state index in [2.05, 4.69) is 22.4 Å². The van der Waals surface area contributed by atoms with Crippen LogP contribution in [0.4, 0.5) is 5.69 Å². The van der Waals surface area contributed by atoms with Gasteiger partial charge in [-0.15, -0.1) is 0 Å². The van der Waals surface area contributed by atoms with E-state index in [1.807, 2.05) is 0 Å². The second-order valence-corrected chi connectivity index (χ2v) is 3.46. The Bertz CT molecular complexity index is 434. The van der Waals surface area contributed by atoms with E-state index in [9.17, 15) is 5.02 Å². The largest absolute Gasteiger partial charge is 0.491 e. The summed E-state index contributed by atoms with van der Waals surface area (Å²) in [7, 11) is -0.888. The zero-order valence-corrected chi connectivity index (χ0v) is 8.60. The third kappa shape index (κ3) is 1.61. The smallest absolute Gasteiger partial charge is 0.423 e. The molecule has 1 aliphatic rings. The van der Waals surface area contributed by atoms with Crippen molar-refractivity contribution >= 4 is 47.2 Å². The first-order valence-electron chi connectivity index (χ1n) is 3.92. The Labute approximate surface area is 91.5 Å². The summed E-state index contributed by atoms with van der Waals surface area (Å²) < 4.78 is 5.02. The maximum atomic E-state index is 9.41. The fourth-order valence-electron chi connectivity index (χ4n) is 1.37. The molecule has 6 heteroatoms. The van der Waals surface area contributed by atoms with Crippen LogP contribution in [0.15, 0.2) is 17.1 Å². The van der Waals surface area contributed by atoms with Crippen molar-refractivity contribution in [3.8, 4) is 0 Å². The molecule has 1 heterocycles. The van der Waals surface area contributed by atoms with Crippen molar-refractivity contribution in [2.75, 3.05) is 0 Å². The number of halogens is 1. The van der Waals surface area contributed by atoms with Crippen molar-refractivity contribution in [2.45, 2.75) is 6.61 Å². The summed E-state index contributed by atoms with van der Waals surface area (Å²) in [6, 6.07) is 3.38. The van der Waals surface area contributed by atoms with Gasteiger partial charge in [-0.1, -0.05) is 11.6 Å². The van der Waals surface area contributed by atoms with Crippen molar-refractivity contribution in [3.05, 3.63) is 22.7 Å². The number of aliphatic imine (C=N–C) groups is 1. The lowest BCUT2D eigenvalue weighted by molar-refractivity contribution is 0.275. The summed E-state index contributed by atoms with van der Waals surface area (Å²) in [5.41, 5.74) is 2.08. The van der Waals surface area contributed by atoms with E-state index >= 15 is 0 Å². The SMILES string of the molecule is OB1OCc2cc(Cl)c(N=C=S)cc21. The Morgan fingerprint density at radius 3 is 3.14 bits per heavy atom. The molecular weight excluding hydrogens is 220 g/mol. The number of hydrogen-bond acceptors (Lipinski definition) is 4. The molecule has 0 fully saturated rings. The van der Waals surface area contributed by atoms with Crippen molar-refractivity contribution < 1.29 is 9.68 Å². The van der Waals surface area contributed by atoms with Gasteiger partial charge in [0.15, 0.2) is 0 Å². The van der Waals surface area contributed by atoms with Gasteiger partial charge in [0.2, 0.25) is 0 Å². The van der Waals surface area contributed by atoms with Crippen LogP contribution in [0.5, 0.6) is 0 Å². The fraction of sp³-hybridized carbons (Fsp3) is 0.125. The Morgan fingerprint density at radius 2 is 2.43 bits per heavy atom. The lowest BCUT2D eigenvalue weighted by atomic mass is 9.79. The zero-order valence-electron chi connectivity index (χ0n) is 7.03. The predicted octanol–water partition coefficient (Wildman–Crippen LogP) is 1.29. The molecular formula is C8H5BClNO2S. The summed E-state index contributed by atoms with van der Waals surface area (Å²) >= 11 is 10.4. The topological polar surface area (TPSA) is 41.8 Å². The number of rotatable bonds is 1. The summed E-state index contributed by atoms with van der Waals surface area (Å²) in [5, 5.41) is 12.1. The summed E-state index contributed by atoms with van der Waals surface area (Å²) in [6.45, 7) is 0.373. The molecule has 0 radical (unpaired) electrons. The van der Waals surface area contributed by atoms with Gasteiger partial charge >= 0.3 is 7.12 Å². The van der Waals surface area contributed by atoms with E-state index in [4.69, 9.17) is 16.3 Å². The number of nitrogens with zero attached hydrogens (tertiary/aromatic N) is 1. The van der Waals surface area contributed by atoms with Gasteiger partial charge in [-0.05, 0) is 35.4 Å². The third-order valence-electron chi connectivity index (χ3n) is 2.04. The molecule has 0 bridgehead atoms. The van der Waals surface area contributed by atoms with Gasteiger partial charge in [-0.2, -0.15) is 4.99 Å². The van der Waals surface area contributed by atoms with Crippen LogP contribution in [-0.4, -0.2) is 17.3 Å². The Hall–Kier alpha value is -0.705. The van der Waals surface area contributed by atoms with Crippen molar-refractivity contribution in [3.63, 3.8) is 0 Å². The Balaban J connectivity index is 2.56. The van der Waals surface area contributed by atoms with Crippen LogP contribution >= 0.6 is 23.8 Å². The highest BCUT2D eigenvalue weighted by Crippen LogP contribution is 2.26. The molecule has 1 aromatic rings. The average Bonchev–Trinajstić information content (AvgIpc) is 2.49. The zero-order chi connectivity index (χ0) is 10.1. The minimum Gasteiger partial charge on any atom is -0.423 e. The molecule has 3 nitrogen and oxygen atoms in total. The highest BCUT2D eigenvalue weighted by atomic mass is 35.5. The minimum absolute atomic E-state index is 0.373.